The zero-order chi connectivity index (χ0) is 18.2. The number of unbranched alkanes of at least 4 members (excludes halogenated alkanes) is 6. The quantitative estimate of drug-likeness (QED) is 0.408. The van der Waals surface area contributed by atoms with Crippen LogP contribution in [-0.2, 0) is 6.42 Å². The van der Waals surface area contributed by atoms with Crippen molar-refractivity contribution in [1.82, 2.24) is 0 Å². The van der Waals surface area contributed by atoms with Gasteiger partial charge >= 0.3 is 0 Å². The monoisotopic (exact) mass is 336 g/mol. The molecule has 0 aliphatic heterocycles. The van der Waals surface area contributed by atoms with Gasteiger partial charge in [0.1, 0.15) is 0 Å². The minimum absolute atomic E-state index is 1.22. The second-order valence-electron chi connectivity index (χ2n) is 7.73. The molecule has 0 saturated heterocycles. The molecule has 0 aliphatic carbocycles. The van der Waals surface area contributed by atoms with E-state index in [1.54, 1.807) is 0 Å². The average molecular weight is 337 g/mol. The Morgan fingerprint density at radius 3 is 2.04 bits per heavy atom. The number of aryl methyl sites for hydroxylation is 4. The molecule has 0 heteroatoms. The Morgan fingerprint density at radius 1 is 0.680 bits per heavy atom. The molecule has 136 valence electrons. The lowest BCUT2D eigenvalue weighted by Gasteiger charge is -2.17. The van der Waals surface area contributed by atoms with Crippen LogP contribution in [0.15, 0.2) is 30.3 Å². The first-order valence-corrected chi connectivity index (χ1v) is 10.2. The highest BCUT2D eigenvalue weighted by molar-refractivity contribution is 5.75. The fraction of sp³-hybridized carbons (Fsp3) is 0.520. The molecule has 2 aromatic carbocycles. The topological polar surface area (TPSA) is 0 Å². The van der Waals surface area contributed by atoms with Gasteiger partial charge in [-0.15, -0.1) is 0 Å². The van der Waals surface area contributed by atoms with E-state index in [2.05, 4.69) is 65.0 Å². The number of hydrogen-bond donors (Lipinski definition) is 0. The maximum absolute atomic E-state index is 2.36. The summed E-state index contributed by atoms with van der Waals surface area (Å²) in [6, 6.07) is 11.5. The first-order chi connectivity index (χ1) is 12.0. The summed E-state index contributed by atoms with van der Waals surface area (Å²) >= 11 is 0. The van der Waals surface area contributed by atoms with Crippen molar-refractivity contribution in [1.29, 1.82) is 0 Å². The highest BCUT2D eigenvalue weighted by atomic mass is 14.2. The maximum atomic E-state index is 2.36. The van der Waals surface area contributed by atoms with Gasteiger partial charge in [0.05, 0.1) is 0 Å². The van der Waals surface area contributed by atoms with Crippen molar-refractivity contribution in [2.24, 2.45) is 0 Å². The summed E-state index contributed by atoms with van der Waals surface area (Å²) < 4.78 is 0. The van der Waals surface area contributed by atoms with Crippen LogP contribution in [0, 0.1) is 27.7 Å². The lowest BCUT2D eigenvalue weighted by Crippen LogP contribution is -1.97. The Morgan fingerprint density at radius 2 is 1.36 bits per heavy atom. The minimum Gasteiger partial charge on any atom is -0.0654 e. The van der Waals surface area contributed by atoms with Crippen LogP contribution in [-0.4, -0.2) is 0 Å². The highest BCUT2D eigenvalue weighted by Crippen LogP contribution is 2.32. The van der Waals surface area contributed by atoms with Crippen molar-refractivity contribution in [2.45, 2.75) is 86.0 Å². The Labute approximate surface area is 155 Å². The minimum atomic E-state index is 1.22. The zero-order valence-corrected chi connectivity index (χ0v) is 17.0. The van der Waals surface area contributed by atoms with Crippen LogP contribution in [0.3, 0.4) is 0 Å². The van der Waals surface area contributed by atoms with E-state index in [1.165, 1.54) is 90.3 Å². The first kappa shape index (κ1) is 19.8. The van der Waals surface area contributed by atoms with E-state index in [-0.39, 0.29) is 0 Å². The highest BCUT2D eigenvalue weighted by Gasteiger charge is 2.11. The fourth-order valence-corrected chi connectivity index (χ4v) is 3.94. The van der Waals surface area contributed by atoms with Crippen LogP contribution in [0.5, 0.6) is 0 Å². The molecule has 0 spiro atoms. The SMILES string of the molecule is CCCCCCCCCc1ccc(C)c(-c2ccc(C)cc2C)c1C. The molecule has 25 heavy (non-hydrogen) atoms. The summed E-state index contributed by atoms with van der Waals surface area (Å²) in [5.41, 5.74) is 10.0. The van der Waals surface area contributed by atoms with Crippen molar-refractivity contribution in [3.8, 4) is 11.1 Å². The number of benzene rings is 2. The van der Waals surface area contributed by atoms with E-state index < -0.39 is 0 Å². The summed E-state index contributed by atoms with van der Waals surface area (Å²) in [4.78, 5) is 0. The van der Waals surface area contributed by atoms with Gasteiger partial charge in [-0.2, -0.15) is 0 Å². The predicted octanol–water partition coefficient (Wildman–Crippen LogP) is 7.88. The lowest BCUT2D eigenvalue weighted by atomic mass is 9.88. The van der Waals surface area contributed by atoms with E-state index >= 15 is 0 Å². The van der Waals surface area contributed by atoms with Crippen LogP contribution in [0.1, 0.15) is 79.7 Å². The summed E-state index contributed by atoms with van der Waals surface area (Å²) in [6.07, 6.45) is 10.9. The Bertz CT molecular complexity index is 679. The second-order valence-corrected chi connectivity index (χ2v) is 7.73. The molecule has 0 heterocycles. The molecular formula is C25H36. The Balaban J connectivity index is 2.06. The standard InChI is InChI=1S/C25H36/c1-6-7-8-9-10-11-12-13-23-16-15-20(3)25(22(23)5)24-17-14-19(2)18-21(24)4/h14-18H,6-13H2,1-5H3. The van der Waals surface area contributed by atoms with Gasteiger partial charge < -0.3 is 0 Å². The Kier molecular flexibility index (Phi) is 7.75. The van der Waals surface area contributed by atoms with Gasteiger partial charge in [-0.05, 0) is 73.9 Å². The van der Waals surface area contributed by atoms with E-state index in [1.807, 2.05) is 0 Å². The third-order valence-corrected chi connectivity index (χ3v) is 5.49. The van der Waals surface area contributed by atoms with Crippen LogP contribution in [0.25, 0.3) is 11.1 Å². The first-order valence-electron chi connectivity index (χ1n) is 10.2. The van der Waals surface area contributed by atoms with Gasteiger partial charge in [0, 0.05) is 0 Å². The molecule has 0 bridgehead atoms. The molecule has 0 aromatic heterocycles. The van der Waals surface area contributed by atoms with E-state index in [0.29, 0.717) is 0 Å². The summed E-state index contributed by atoms with van der Waals surface area (Å²) in [7, 11) is 0. The smallest absolute Gasteiger partial charge is 0.0120 e. The maximum Gasteiger partial charge on any atom is -0.0120 e. The molecule has 0 atom stereocenters. The third kappa shape index (κ3) is 5.46. The van der Waals surface area contributed by atoms with Crippen molar-refractivity contribution >= 4 is 0 Å². The van der Waals surface area contributed by atoms with E-state index in [9.17, 15) is 0 Å². The van der Waals surface area contributed by atoms with Crippen molar-refractivity contribution in [2.75, 3.05) is 0 Å². The fourth-order valence-electron chi connectivity index (χ4n) is 3.94. The van der Waals surface area contributed by atoms with Gasteiger partial charge in [0.2, 0.25) is 0 Å². The third-order valence-electron chi connectivity index (χ3n) is 5.49. The van der Waals surface area contributed by atoms with Gasteiger partial charge in [-0.25, -0.2) is 0 Å². The van der Waals surface area contributed by atoms with Crippen molar-refractivity contribution in [3.05, 3.63) is 58.1 Å². The normalized spacial score (nSPS) is 11.1. The van der Waals surface area contributed by atoms with Crippen LogP contribution in [0.2, 0.25) is 0 Å². The zero-order valence-electron chi connectivity index (χ0n) is 17.0. The largest absolute Gasteiger partial charge is 0.0654 e. The molecule has 0 radical (unpaired) electrons. The van der Waals surface area contributed by atoms with Gasteiger partial charge in [0.25, 0.3) is 0 Å². The molecule has 2 aromatic rings. The summed E-state index contributed by atoms with van der Waals surface area (Å²) in [6.45, 7) is 11.3. The van der Waals surface area contributed by atoms with E-state index in [0.717, 1.165) is 0 Å². The average Bonchev–Trinajstić information content (AvgIpc) is 2.57. The number of rotatable bonds is 9. The molecular weight excluding hydrogens is 300 g/mol. The van der Waals surface area contributed by atoms with Gasteiger partial charge in [0.15, 0.2) is 0 Å². The predicted molar refractivity (Wildman–Crippen MR) is 113 cm³/mol. The summed E-state index contributed by atoms with van der Waals surface area (Å²) in [5.74, 6) is 0. The van der Waals surface area contributed by atoms with Crippen molar-refractivity contribution < 1.29 is 0 Å². The van der Waals surface area contributed by atoms with Crippen molar-refractivity contribution in [3.63, 3.8) is 0 Å². The lowest BCUT2D eigenvalue weighted by molar-refractivity contribution is 0.589. The molecule has 2 rings (SSSR count). The molecule has 0 aliphatic rings. The second kappa shape index (κ2) is 9.80. The van der Waals surface area contributed by atoms with E-state index in [4.69, 9.17) is 0 Å². The number of hydrogen-bond acceptors (Lipinski definition) is 0. The molecule has 0 saturated carbocycles. The van der Waals surface area contributed by atoms with Crippen LogP contribution >= 0.6 is 0 Å². The van der Waals surface area contributed by atoms with Gasteiger partial charge in [-0.3, -0.25) is 0 Å². The molecule has 0 N–H and O–H groups in total. The van der Waals surface area contributed by atoms with Crippen LogP contribution in [0.4, 0.5) is 0 Å². The van der Waals surface area contributed by atoms with Crippen LogP contribution < -0.4 is 0 Å². The molecule has 0 fully saturated rings. The Hall–Kier alpha value is -1.56. The molecule has 0 nitrogen and oxygen atoms in total. The summed E-state index contributed by atoms with van der Waals surface area (Å²) in [5, 5.41) is 0. The molecule has 0 unspecified atom stereocenters. The molecule has 0 amide bonds. The van der Waals surface area contributed by atoms with Gasteiger partial charge in [-0.1, -0.05) is 81.3 Å².